The summed E-state index contributed by atoms with van der Waals surface area (Å²) in [6.45, 7) is 6.65. The molecule has 0 spiro atoms. The number of nitrogens with zero attached hydrogens (tertiary/aromatic N) is 3. The minimum Gasteiger partial charge on any atom is -0.340 e. The van der Waals surface area contributed by atoms with Crippen LogP contribution in [-0.2, 0) is 13.1 Å². The summed E-state index contributed by atoms with van der Waals surface area (Å²) in [4.78, 5) is 2.31. The molecule has 0 unspecified atom stereocenters. The van der Waals surface area contributed by atoms with Crippen molar-refractivity contribution in [2.45, 2.75) is 104 Å². The molecule has 0 radical (unpaired) electrons. The second-order valence-corrected chi connectivity index (χ2v) is 21.0. The Kier molecular flexibility index (Phi) is 16.8. The van der Waals surface area contributed by atoms with Crippen LogP contribution in [0.25, 0.3) is 80.1 Å². The zero-order valence-corrected chi connectivity index (χ0v) is 45.0. The zero-order chi connectivity index (χ0) is 50.5. The lowest BCUT2D eigenvalue weighted by Gasteiger charge is -2.25. The van der Waals surface area contributed by atoms with E-state index in [1.54, 1.807) is 0 Å². The van der Waals surface area contributed by atoms with Crippen molar-refractivity contribution in [3.63, 3.8) is 0 Å². The van der Waals surface area contributed by atoms with Crippen LogP contribution >= 0.6 is 15.9 Å². The van der Waals surface area contributed by atoms with E-state index >= 15 is 0 Å². The van der Waals surface area contributed by atoms with Crippen molar-refractivity contribution in [3.8, 4) is 0 Å². The van der Waals surface area contributed by atoms with Crippen LogP contribution in [0.4, 0.5) is 17.1 Å². The van der Waals surface area contributed by atoms with Crippen LogP contribution in [0, 0.1) is 0 Å². The standard InChI is InChI=1S/C70H70BrN3/c1-3-5-7-9-11-19-47-72-67-43-35-55(27-25-53-31-39-59(71)40-32-53)49-63(67)65-51-57(37-45-69(65)72)29-30-58-38-46-70-66(52-58)64-50-56(36-44-68(64)73(70)48-20-12-10-8-6-4-2)28-26-54-33-41-62(42-34-54)74(60-21-15-13-16-22-60)61-23-17-14-18-24-61/h13-18,21-46,49-52H,3-12,19-20,47-48H2,1-2H3/b27-25+,28-26+,30-29+. The van der Waals surface area contributed by atoms with Gasteiger partial charge in [-0.1, -0.05) is 215 Å². The summed E-state index contributed by atoms with van der Waals surface area (Å²) >= 11 is 3.58. The summed E-state index contributed by atoms with van der Waals surface area (Å²) in [5.74, 6) is 0. The quantitative estimate of drug-likeness (QED) is 0.0460. The summed E-state index contributed by atoms with van der Waals surface area (Å²) < 4.78 is 6.24. The lowest BCUT2D eigenvalue weighted by Crippen LogP contribution is -2.09. The monoisotopic (exact) mass is 1030 g/mol. The smallest absolute Gasteiger partial charge is 0.0491 e. The Balaban J connectivity index is 0.945. The first-order valence-electron chi connectivity index (χ1n) is 27.4. The summed E-state index contributed by atoms with van der Waals surface area (Å²) in [5, 5.41) is 5.26. The number of benzene rings is 8. The highest BCUT2D eigenvalue weighted by atomic mass is 79.9. The van der Waals surface area contributed by atoms with E-state index in [1.165, 1.54) is 154 Å². The highest BCUT2D eigenvalue weighted by Gasteiger charge is 2.15. The molecule has 74 heavy (non-hydrogen) atoms. The van der Waals surface area contributed by atoms with Crippen molar-refractivity contribution in [2.75, 3.05) is 4.90 Å². The van der Waals surface area contributed by atoms with Crippen molar-refractivity contribution >= 4 is 113 Å². The molecule has 10 rings (SSSR count). The number of hydrogen-bond acceptors (Lipinski definition) is 1. The molecule has 2 aromatic heterocycles. The SMILES string of the molecule is CCCCCCCCn1c2ccc(/C=C/c3ccc(Br)cc3)cc2c2cc(/C=C/c3ccc4c(c3)c3cc(/C=C/c5ccc(N(c6ccccc6)c6ccccc6)cc5)ccc3n4CCCCCCCC)ccc21. The lowest BCUT2D eigenvalue weighted by atomic mass is 10.0. The van der Waals surface area contributed by atoms with E-state index in [2.05, 4.69) is 262 Å². The number of halogens is 1. The van der Waals surface area contributed by atoms with E-state index in [9.17, 15) is 0 Å². The van der Waals surface area contributed by atoms with Gasteiger partial charge in [-0.15, -0.1) is 0 Å². The molecule has 0 aliphatic rings. The van der Waals surface area contributed by atoms with Crippen LogP contribution in [0.15, 0.2) is 186 Å². The third-order valence-electron chi connectivity index (χ3n) is 14.8. The largest absolute Gasteiger partial charge is 0.340 e. The molecule has 0 fully saturated rings. The highest BCUT2D eigenvalue weighted by molar-refractivity contribution is 9.10. The first-order chi connectivity index (χ1) is 36.5. The van der Waals surface area contributed by atoms with Gasteiger partial charge in [-0.2, -0.15) is 0 Å². The molecule has 2 heterocycles. The number of fused-ring (bicyclic) bond motifs is 6. The molecule has 372 valence electrons. The number of hydrogen-bond donors (Lipinski definition) is 0. The van der Waals surface area contributed by atoms with Gasteiger partial charge in [0.2, 0.25) is 0 Å². The Morgan fingerprint density at radius 2 is 0.622 bits per heavy atom. The van der Waals surface area contributed by atoms with Crippen LogP contribution in [0.3, 0.4) is 0 Å². The lowest BCUT2D eigenvalue weighted by molar-refractivity contribution is 0.571. The van der Waals surface area contributed by atoms with E-state index in [4.69, 9.17) is 0 Å². The van der Waals surface area contributed by atoms with Crippen LogP contribution in [0.5, 0.6) is 0 Å². The van der Waals surface area contributed by atoms with Gasteiger partial charge in [-0.3, -0.25) is 0 Å². The number of rotatable bonds is 23. The number of anilines is 3. The van der Waals surface area contributed by atoms with Crippen molar-refractivity contribution in [2.24, 2.45) is 0 Å². The third-order valence-corrected chi connectivity index (χ3v) is 15.3. The Morgan fingerprint density at radius 3 is 0.986 bits per heavy atom. The fourth-order valence-electron chi connectivity index (χ4n) is 10.8. The molecule has 0 N–H and O–H groups in total. The predicted molar refractivity (Wildman–Crippen MR) is 328 cm³/mol. The summed E-state index contributed by atoms with van der Waals surface area (Å²) in [5.41, 5.74) is 15.9. The van der Waals surface area contributed by atoms with Crippen molar-refractivity contribution in [1.29, 1.82) is 0 Å². The fraction of sp³-hybridized carbons (Fsp3) is 0.229. The second kappa shape index (κ2) is 24.7. The van der Waals surface area contributed by atoms with E-state index in [0.29, 0.717) is 0 Å². The average Bonchev–Trinajstić information content (AvgIpc) is 3.92. The van der Waals surface area contributed by atoms with Crippen molar-refractivity contribution in [1.82, 2.24) is 9.13 Å². The van der Waals surface area contributed by atoms with Gasteiger partial charge in [0.05, 0.1) is 0 Å². The maximum atomic E-state index is 3.58. The third kappa shape index (κ3) is 12.1. The first kappa shape index (κ1) is 50.4. The zero-order valence-electron chi connectivity index (χ0n) is 43.4. The topological polar surface area (TPSA) is 13.1 Å². The van der Waals surface area contributed by atoms with E-state index in [-0.39, 0.29) is 0 Å². The number of unbranched alkanes of at least 4 members (excludes halogenated alkanes) is 10. The predicted octanol–water partition coefficient (Wildman–Crippen LogP) is 21.4. The minimum absolute atomic E-state index is 1.03. The highest BCUT2D eigenvalue weighted by Crippen LogP contribution is 2.37. The van der Waals surface area contributed by atoms with Gasteiger partial charge in [0.15, 0.2) is 0 Å². The summed E-state index contributed by atoms with van der Waals surface area (Å²) in [7, 11) is 0. The molecule has 0 amide bonds. The molecule has 0 saturated carbocycles. The maximum Gasteiger partial charge on any atom is 0.0491 e. The Hall–Kier alpha value is -7.14. The fourth-order valence-corrected chi connectivity index (χ4v) is 11.0. The van der Waals surface area contributed by atoms with E-state index in [0.717, 1.165) is 34.6 Å². The molecule has 0 saturated heterocycles. The molecule has 8 aromatic carbocycles. The maximum absolute atomic E-state index is 3.58. The molecule has 0 bridgehead atoms. The Morgan fingerprint density at radius 1 is 0.324 bits per heavy atom. The number of aromatic nitrogens is 2. The van der Waals surface area contributed by atoms with Crippen LogP contribution < -0.4 is 4.90 Å². The van der Waals surface area contributed by atoms with Gasteiger partial charge in [-0.25, -0.2) is 0 Å². The van der Waals surface area contributed by atoms with Gasteiger partial charge >= 0.3 is 0 Å². The van der Waals surface area contributed by atoms with Crippen LogP contribution in [0.1, 0.15) is 124 Å². The first-order valence-corrected chi connectivity index (χ1v) is 28.2. The summed E-state index contributed by atoms with van der Waals surface area (Å²) in [6.07, 6.45) is 29.0. The van der Waals surface area contributed by atoms with Crippen LogP contribution in [0.2, 0.25) is 0 Å². The van der Waals surface area contributed by atoms with E-state index in [1.807, 2.05) is 0 Å². The van der Waals surface area contributed by atoms with Crippen molar-refractivity contribution < 1.29 is 0 Å². The second-order valence-electron chi connectivity index (χ2n) is 20.1. The molecular formula is C70H70BrN3. The average molecular weight is 1030 g/mol. The van der Waals surface area contributed by atoms with Gasteiger partial charge in [0.1, 0.15) is 0 Å². The van der Waals surface area contributed by atoms with Gasteiger partial charge < -0.3 is 14.0 Å². The normalized spacial score (nSPS) is 12.0. The van der Waals surface area contributed by atoms with Gasteiger partial charge in [0, 0.05) is 78.2 Å². The molecule has 4 heteroatoms. The molecular weight excluding hydrogens is 963 g/mol. The van der Waals surface area contributed by atoms with Gasteiger partial charge in [-0.05, 0) is 143 Å². The van der Waals surface area contributed by atoms with E-state index < -0.39 is 0 Å². The molecule has 3 nitrogen and oxygen atoms in total. The van der Waals surface area contributed by atoms with Crippen LogP contribution in [-0.4, -0.2) is 9.13 Å². The summed E-state index contributed by atoms with van der Waals surface area (Å²) in [6, 6.07) is 66.8. The minimum atomic E-state index is 1.03. The Labute approximate surface area is 448 Å². The van der Waals surface area contributed by atoms with Gasteiger partial charge in [0.25, 0.3) is 0 Å². The molecule has 10 aromatic rings. The van der Waals surface area contributed by atoms with Crippen molar-refractivity contribution in [3.05, 3.63) is 220 Å². The molecule has 0 aliphatic carbocycles. The number of para-hydroxylation sites is 2. The molecule has 0 atom stereocenters. The Bertz CT molecular complexity index is 3480. The number of aryl methyl sites for hydroxylation is 2. The molecule has 0 aliphatic heterocycles.